The molecule has 4 heteroatoms. The number of carbonyl (C=O) groups is 1. The SMILES string of the molecule is Cc1cccc(N2CC(C#N)OCC2=O)c1. The van der Waals surface area contributed by atoms with Gasteiger partial charge < -0.3 is 9.64 Å². The van der Waals surface area contributed by atoms with E-state index in [-0.39, 0.29) is 12.5 Å². The van der Waals surface area contributed by atoms with Gasteiger partial charge in [0, 0.05) is 5.69 Å². The molecule has 0 radical (unpaired) electrons. The zero-order chi connectivity index (χ0) is 11.5. The molecule has 0 N–H and O–H groups in total. The summed E-state index contributed by atoms with van der Waals surface area (Å²) in [6.07, 6.45) is -0.529. The number of nitrogens with zero attached hydrogens (tertiary/aromatic N) is 2. The molecule has 2 rings (SSSR count). The maximum absolute atomic E-state index is 11.7. The Bertz CT molecular complexity index is 451. The van der Waals surface area contributed by atoms with Crippen molar-refractivity contribution < 1.29 is 9.53 Å². The predicted molar refractivity (Wildman–Crippen MR) is 58.9 cm³/mol. The van der Waals surface area contributed by atoms with Crippen molar-refractivity contribution in [3.8, 4) is 6.07 Å². The molecule has 82 valence electrons. The van der Waals surface area contributed by atoms with Crippen LogP contribution in [-0.4, -0.2) is 25.2 Å². The highest BCUT2D eigenvalue weighted by atomic mass is 16.5. The van der Waals surface area contributed by atoms with Crippen LogP contribution in [0.2, 0.25) is 0 Å². The second kappa shape index (κ2) is 4.33. The molecule has 1 aromatic rings. The van der Waals surface area contributed by atoms with Gasteiger partial charge in [0.1, 0.15) is 6.61 Å². The molecule has 4 nitrogen and oxygen atoms in total. The lowest BCUT2D eigenvalue weighted by atomic mass is 10.2. The molecule has 1 aliphatic rings. The van der Waals surface area contributed by atoms with E-state index in [0.717, 1.165) is 11.3 Å². The van der Waals surface area contributed by atoms with Crippen molar-refractivity contribution in [2.24, 2.45) is 0 Å². The average molecular weight is 216 g/mol. The summed E-state index contributed by atoms with van der Waals surface area (Å²) in [4.78, 5) is 13.3. The molecule has 1 heterocycles. The number of benzene rings is 1. The average Bonchev–Trinajstić information content (AvgIpc) is 2.30. The molecule has 0 aromatic heterocycles. The van der Waals surface area contributed by atoms with Crippen molar-refractivity contribution in [3.05, 3.63) is 29.8 Å². The van der Waals surface area contributed by atoms with Gasteiger partial charge in [0.15, 0.2) is 6.10 Å². The number of ether oxygens (including phenoxy) is 1. The Morgan fingerprint density at radius 1 is 1.56 bits per heavy atom. The lowest BCUT2D eigenvalue weighted by Crippen LogP contribution is -2.46. The molecule has 16 heavy (non-hydrogen) atoms. The number of amides is 1. The van der Waals surface area contributed by atoms with Gasteiger partial charge in [0.25, 0.3) is 5.91 Å². The van der Waals surface area contributed by atoms with Crippen LogP contribution in [0.1, 0.15) is 5.56 Å². The minimum absolute atomic E-state index is 0.0217. The fourth-order valence-corrected chi connectivity index (χ4v) is 1.69. The lowest BCUT2D eigenvalue weighted by Gasteiger charge is -2.29. The first-order chi connectivity index (χ1) is 7.70. The van der Waals surface area contributed by atoms with Crippen LogP contribution in [0.3, 0.4) is 0 Å². The van der Waals surface area contributed by atoms with Gasteiger partial charge in [0.05, 0.1) is 12.6 Å². The Balaban J connectivity index is 2.25. The van der Waals surface area contributed by atoms with Crippen LogP contribution in [-0.2, 0) is 9.53 Å². The van der Waals surface area contributed by atoms with Crippen LogP contribution >= 0.6 is 0 Å². The number of hydrogen-bond donors (Lipinski definition) is 0. The topological polar surface area (TPSA) is 53.3 Å². The van der Waals surface area contributed by atoms with E-state index < -0.39 is 6.10 Å². The van der Waals surface area contributed by atoms with Gasteiger partial charge in [-0.25, -0.2) is 0 Å². The standard InChI is InChI=1S/C12H12N2O2/c1-9-3-2-4-10(5-9)14-7-11(6-13)16-8-12(14)15/h2-5,11H,7-8H2,1H3. The quantitative estimate of drug-likeness (QED) is 0.710. The molecule has 1 atom stereocenters. The van der Waals surface area contributed by atoms with Crippen LogP contribution in [0.25, 0.3) is 0 Å². The second-order valence-corrected chi connectivity index (χ2v) is 3.77. The molecule has 0 aliphatic carbocycles. The smallest absolute Gasteiger partial charge is 0.253 e. The first-order valence-corrected chi connectivity index (χ1v) is 5.09. The molecule has 0 bridgehead atoms. The first-order valence-electron chi connectivity index (χ1n) is 5.09. The molecule has 1 aromatic carbocycles. The highest BCUT2D eigenvalue weighted by Crippen LogP contribution is 2.19. The third-order valence-corrected chi connectivity index (χ3v) is 2.51. The second-order valence-electron chi connectivity index (χ2n) is 3.77. The number of aryl methyl sites for hydroxylation is 1. The van der Waals surface area contributed by atoms with E-state index >= 15 is 0 Å². The van der Waals surface area contributed by atoms with Gasteiger partial charge in [-0.05, 0) is 24.6 Å². The largest absolute Gasteiger partial charge is 0.352 e. The van der Waals surface area contributed by atoms with Crippen LogP contribution < -0.4 is 4.90 Å². The van der Waals surface area contributed by atoms with Crippen molar-refractivity contribution >= 4 is 11.6 Å². The van der Waals surface area contributed by atoms with E-state index in [4.69, 9.17) is 10.00 Å². The molecule has 1 unspecified atom stereocenters. The number of rotatable bonds is 1. The van der Waals surface area contributed by atoms with E-state index in [1.165, 1.54) is 0 Å². The third kappa shape index (κ3) is 2.05. The molecule has 1 aliphatic heterocycles. The predicted octanol–water partition coefficient (Wildman–Crippen LogP) is 1.25. The van der Waals surface area contributed by atoms with E-state index in [1.54, 1.807) is 4.90 Å². The van der Waals surface area contributed by atoms with E-state index in [0.29, 0.717) is 6.54 Å². The van der Waals surface area contributed by atoms with E-state index in [1.807, 2.05) is 37.3 Å². The Labute approximate surface area is 94.0 Å². The van der Waals surface area contributed by atoms with Gasteiger partial charge >= 0.3 is 0 Å². The number of nitriles is 1. The van der Waals surface area contributed by atoms with Gasteiger partial charge in [-0.15, -0.1) is 0 Å². The van der Waals surface area contributed by atoms with Crippen molar-refractivity contribution in [2.45, 2.75) is 13.0 Å². The minimum atomic E-state index is -0.529. The van der Waals surface area contributed by atoms with Gasteiger partial charge in [-0.2, -0.15) is 5.26 Å². The number of morpholine rings is 1. The third-order valence-electron chi connectivity index (χ3n) is 2.51. The number of anilines is 1. The minimum Gasteiger partial charge on any atom is -0.352 e. The molecule has 1 saturated heterocycles. The Kier molecular flexibility index (Phi) is 2.88. The maximum Gasteiger partial charge on any atom is 0.253 e. The van der Waals surface area contributed by atoms with Crippen molar-refractivity contribution in [3.63, 3.8) is 0 Å². The van der Waals surface area contributed by atoms with Crippen molar-refractivity contribution in [1.82, 2.24) is 0 Å². The fraction of sp³-hybridized carbons (Fsp3) is 0.333. The summed E-state index contributed by atoms with van der Waals surface area (Å²) in [6.45, 7) is 2.25. The molecule has 0 saturated carbocycles. The molecule has 1 fully saturated rings. The Morgan fingerprint density at radius 2 is 2.38 bits per heavy atom. The van der Waals surface area contributed by atoms with Gasteiger partial charge in [-0.1, -0.05) is 12.1 Å². The van der Waals surface area contributed by atoms with E-state index in [2.05, 4.69) is 0 Å². The van der Waals surface area contributed by atoms with Crippen LogP contribution in [0.4, 0.5) is 5.69 Å². The number of hydrogen-bond acceptors (Lipinski definition) is 3. The van der Waals surface area contributed by atoms with E-state index in [9.17, 15) is 4.79 Å². The maximum atomic E-state index is 11.7. The zero-order valence-electron chi connectivity index (χ0n) is 9.01. The van der Waals surface area contributed by atoms with Crippen LogP contribution in [0.15, 0.2) is 24.3 Å². The lowest BCUT2D eigenvalue weighted by molar-refractivity contribution is -0.127. The van der Waals surface area contributed by atoms with Crippen LogP contribution in [0, 0.1) is 18.3 Å². The highest BCUT2D eigenvalue weighted by Gasteiger charge is 2.27. The molecular weight excluding hydrogens is 204 g/mol. The van der Waals surface area contributed by atoms with Gasteiger partial charge in [-0.3, -0.25) is 4.79 Å². The molecular formula is C12H12N2O2. The molecule has 0 spiro atoms. The van der Waals surface area contributed by atoms with Crippen LogP contribution in [0.5, 0.6) is 0 Å². The zero-order valence-corrected chi connectivity index (χ0v) is 9.01. The summed E-state index contributed by atoms with van der Waals surface area (Å²) in [7, 11) is 0. The summed E-state index contributed by atoms with van der Waals surface area (Å²) in [5.74, 6) is -0.0999. The fourth-order valence-electron chi connectivity index (χ4n) is 1.69. The summed E-state index contributed by atoms with van der Waals surface area (Å²) in [5.41, 5.74) is 1.92. The normalized spacial score (nSPS) is 20.6. The summed E-state index contributed by atoms with van der Waals surface area (Å²) < 4.78 is 5.07. The monoisotopic (exact) mass is 216 g/mol. The molecule has 1 amide bonds. The number of carbonyl (C=O) groups excluding carboxylic acids is 1. The summed E-state index contributed by atoms with van der Waals surface area (Å²) >= 11 is 0. The summed E-state index contributed by atoms with van der Waals surface area (Å²) in [5, 5.41) is 8.78. The van der Waals surface area contributed by atoms with Gasteiger partial charge in [0.2, 0.25) is 0 Å². The Morgan fingerprint density at radius 3 is 3.06 bits per heavy atom. The van der Waals surface area contributed by atoms with Crippen molar-refractivity contribution in [2.75, 3.05) is 18.1 Å². The highest BCUT2D eigenvalue weighted by molar-refractivity contribution is 5.95. The first kappa shape index (κ1) is 10.7. The summed E-state index contributed by atoms with van der Waals surface area (Å²) in [6, 6.07) is 9.68. The van der Waals surface area contributed by atoms with Crippen molar-refractivity contribution in [1.29, 1.82) is 5.26 Å². The Hall–Kier alpha value is -1.86.